The van der Waals surface area contributed by atoms with Gasteiger partial charge in [-0.15, -0.1) is 0 Å². The van der Waals surface area contributed by atoms with Crippen molar-refractivity contribution >= 4 is 11.6 Å². The number of aliphatic hydroxyl groups excluding tert-OH is 1. The molecule has 146 valence electrons. The molecule has 0 unspecified atom stereocenters. The molecule has 2 saturated heterocycles. The van der Waals surface area contributed by atoms with Gasteiger partial charge in [0.1, 0.15) is 0 Å². The lowest BCUT2D eigenvalue weighted by molar-refractivity contribution is -0.0144. The van der Waals surface area contributed by atoms with Crippen LogP contribution < -0.4 is 0 Å². The first-order chi connectivity index (χ1) is 13.2. The number of halogens is 1. The third-order valence-electron chi connectivity index (χ3n) is 5.86. The standard InChI is InChI=1S/C21H29ClN4O/c22-18-6-5-7-19(12-18)26-15-17(13-23-26)14-24-11-8-20(21(27)16-24)25-9-3-1-2-4-10-25/h5-7,12-13,15,20-21,27H,1-4,8-11,14,16H2/t20-,21-/m1/s1. The summed E-state index contributed by atoms with van der Waals surface area (Å²) >= 11 is 6.08. The number of hydrogen-bond donors (Lipinski definition) is 1. The van der Waals surface area contributed by atoms with Crippen molar-refractivity contribution in [2.45, 2.75) is 50.8 Å². The highest BCUT2D eigenvalue weighted by atomic mass is 35.5. The largest absolute Gasteiger partial charge is 0.390 e. The molecule has 2 atom stereocenters. The maximum Gasteiger partial charge on any atom is 0.0822 e. The Bertz CT molecular complexity index is 741. The molecule has 1 aromatic carbocycles. The second-order valence-corrected chi connectivity index (χ2v) is 8.32. The molecule has 0 aliphatic carbocycles. The Hall–Kier alpha value is -1.40. The van der Waals surface area contributed by atoms with Gasteiger partial charge in [0, 0.05) is 42.5 Å². The van der Waals surface area contributed by atoms with E-state index in [1.165, 1.54) is 25.7 Å². The Morgan fingerprint density at radius 2 is 1.93 bits per heavy atom. The zero-order valence-corrected chi connectivity index (χ0v) is 16.6. The maximum atomic E-state index is 10.8. The number of likely N-dealkylation sites (tertiary alicyclic amines) is 2. The smallest absolute Gasteiger partial charge is 0.0822 e. The van der Waals surface area contributed by atoms with Gasteiger partial charge in [0.05, 0.1) is 18.0 Å². The van der Waals surface area contributed by atoms with E-state index in [0.717, 1.165) is 50.4 Å². The summed E-state index contributed by atoms with van der Waals surface area (Å²) in [6.45, 7) is 4.89. The minimum Gasteiger partial charge on any atom is -0.390 e. The molecule has 6 heteroatoms. The molecule has 2 aromatic rings. The summed E-state index contributed by atoms with van der Waals surface area (Å²) in [5.74, 6) is 0. The average Bonchev–Trinajstić information content (AvgIpc) is 2.95. The number of piperidine rings is 1. The van der Waals surface area contributed by atoms with E-state index < -0.39 is 0 Å². The van der Waals surface area contributed by atoms with Gasteiger partial charge in [0.2, 0.25) is 0 Å². The molecule has 2 aliphatic heterocycles. The van der Waals surface area contributed by atoms with Crippen LogP contribution in [-0.4, -0.2) is 63.0 Å². The quantitative estimate of drug-likeness (QED) is 0.872. The Balaban J connectivity index is 1.35. The SMILES string of the molecule is O[C@@H]1CN(Cc2cnn(-c3cccc(Cl)c3)c2)CC[C@H]1N1CCCCCC1. The fourth-order valence-corrected chi connectivity index (χ4v) is 4.63. The highest BCUT2D eigenvalue weighted by Gasteiger charge is 2.32. The molecule has 1 aromatic heterocycles. The number of benzene rings is 1. The van der Waals surface area contributed by atoms with Crippen LogP contribution in [0.5, 0.6) is 0 Å². The average molecular weight is 389 g/mol. The molecule has 5 nitrogen and oxygen atoms in total. The van der Waals surface area contributed by atoms with Crippen molar-refractivity contribution in [1.29, 1.82) is 0 Å². The van der Waals surface area contributed by atoms with E-state index in [0.29, 0.717) is 11.1 Å². The lowest BCUT2D eigenvalue weighted by Gasteiger charge is -2.41. The first kappa shape index (κ1) is 18.9. The first-order valence-corrected chi connectivity index (χ1v) is 10.5. The summed E-state index contributed by atoms with van der Waals surface area (Å²) in [4.78, 5) is 4.88. The van der Waals surface area contributed by atoms with E-state index in [1.807, 2.05) is 35.1 Å². The van der Waals surface area contributed by atoms with E-state index in [1.54, 1.807) is 0 Å². The fourth-order valence-electron chi connectivity index (χ4n) is 4.44. The Kier molecular flexibility index (Phi) is 6.13. The van der Waals surface area contributed by atoms with Crippen LogP contribution in [-0.2, 0) is 6.54 Å². The number of aliphatic hydroxyl groups is 1. The van der Waals surface area contributed by atoms with E-state index in [4.69, 9.17) is 11.6 Å². The molecule has 2 aliphatic rings. The van der Waals surface area contributed by atoms with Crippen LogP contribution in [0, 0.1) is 0 Å². The fraction of sp³-hybridized carbons (Fsp3) is 0.571. The zero-order valence-electron chi connectivity index (χ0n) is 15.8. The molecular weight excluding hydrogens is 360 g/mol. The predicted molar refractivity (Wildman–Crippen MR) is 108 cm³/mol. The van der Waals surface area contributed by atoms with E-state index in [-0.39, 0.29) is 6.10 Å². The van der Waals surface area contributed by atoms with Crippen molar-refractivity contribution in [3.63, 3.8) is 0 Å². The van der Waals surface area contributed by atoms with E-state index in [2.05, 4.69) is 21.1 Å². The van der Waals surface area contributed by atoms with Gasteiger partial charge in [-0.3, -0.25) is 9.80 Å². The number of hydrogen-bond acceptors (Lipinski definition) is 4. The second-order valence-electron chi connectivity index (χ2n) is 7.88. The molecule has 0 spiro atoms. The van der Waals surface area contributed by atoms with Gasteiger partial charge in [-0.2, -0.15) is 5.10 Å². The molecule has 0 amide bonds. The van der Waals surface area contributed by atoms with Crippen molar-refractivity contribution in [2.75, 3.05) is 26.2 Å². The van der Waals surface area contributed by atoms with Gasteiger partial charge in [-0.1, -0.05) is 30.5 Å². The Morgan fingerprint density at radius 3 is 2.67 bits per heavy atom. The van der Waals surface area contributed by atoms with Crippen LogP contribution in [0.1, 0.15) is 37.7 Å². The monoisotopic (exact) mass is 388 g/mol. The van der Waals surface area contributed by atoms with Crippen LogP contribution in [0.4, 0.5) is 0 Å². The van der Waals surface area contributed by atoms with Gasteiger partial charge < -0.3 is 5.11 Å². The second kappa shape index (κ2) is 8.74. The Labute approximate surface area is 166 Å². The summed E-state index contributed by atoms with van der Waals surface area (Å²) in [5, 5.41) is 15.9. The number of rotatable bonds is 4. The first-order valence-electron chi connectivity index (χ1n) is 10.1. The summed E-state index contributed by atoms with van der Waals surface area (Å²) < 4.78 is 1.86. The molecular formula is C21H29ClN4O. The molecule has 3 heterocycles. The van der Waals surface area contributed by atoms with Crippen molar-refractivity contribution in [2.24, 2.45) is 0 Å². The number of aromatic nitrogens is 2. The van der Waals surface area contributed by atoms with Gasteiger partial charge in [-0.25, -0.2) is 4.68 Å². The summed E-state index contributed by atoms with van der Waals surface area (Å²) in [7, 11) is 0. The van der Waals surface area contributed by atoms with Crippen molar-refractivity contribution < 1.29 is 5.11 Å². The van der Waals surface area contributed by atoms with Crippen LogP contribution >= 0.6 is 11.6 Å². The van der Waals surface area contributed by atoms with Crippen LogP contribution in [0.2, 0.25) is 5.02 Å². The lowest BCUT2D eigenvalue weighted by Crippen LogP contribution is -2.54. The molecule has 0 saturated carbocycles. The summed E-state index contributed by atoms with van der Waals surface area (Å²) in [5.41, 5.74) is 2.13. The van der Waals surface area contributed by atoms with Crippen LogP contribution in [0.15, 0.2) is 36.7 Å². The van der Waals surface area contributed by atoms with Crippen LogP contribution in [0.3, 0.4) is 0 Å². The van der Waals surface area contributed by atoms with Crippen molar-refractivity contribution in [3.8, 4) is 5.69 Å². The predicted octanol–water partition coefficient (Wildman–Crippen LogP) is 3.34. The van der Waals surface area contributed by atoms with Gasteiger partial charge in [-0.05, 0) is 50.6 Å². The molecule has 1 N–H and O–H groups in total. The number of β-amino-alcohol motifs (C(OH)–C–C–N with tert-alkyl or cyclic N) is 1. The molecule has 2 fully saturated rings. The summed E-state index contributed by atoms with van der Waals surface area (Å²) in [6, 6.07) is 8.04. The molecule has 4 rings (SSSR count). The highest BCUT2D eigenvalue weighted by molar-refractivity contribution is 6.30. The zero-order chi connectivity index (χ0) is 18.6. The van der Waals surface area contributed by atoms with Crippen LogP contribution in [0.25, 0.3) is 5.69 Å². The van der Waals surface area contributed by atoms with Gasteiger partial charge in [0.15, 0.2) is 0 Å². The van der Waals surface area contributed by atoms with Crippen molar-refractivity contribution in [3.05, 3.63) is 47.2 Å². The Morgan fingerprint density at radius 1 is 1.11 bits per heavy atom. The van der Waals surface area contributed by atoms with E-state index >= 15 is 0 Å². The summed E-state index contributed by atoms with van der Waals surface area (Å²) in [6.07, 6.45) is 9.96. The topological polar surface area (TPSA) is 44.5 Å². The minimum atomic E-state index is -0.264. The molecule has 27 heavy (non-hydrogen) atoms. The minimum absolute atomic E-state index is 0.264. The maximum absolute atomic E-state index is 10.8. The number of nitrogens with zero attached hydrogens (tertiary/aromatic N) is 4. The third-order valence-corrected chi connectivity index (χ3v) is 6.09. The van der Waals surface area contributed by atoms with Gasteiger partial charge in [0.25, 0.3) is 0 Å². The highest BCUT2D eigenvalue weighted by Crippen LogP contribution is 2.22. The van der Waals surface area contributed by atoms with Gasteiger partial charge >= 0.3 is 0 Å². The van der Waals surface area contributed by atoms with Crippen molar-refractivity contribution in [1.82, 2.24) is 19.6 Å². The third kappa shape index (κ3) is 4.72. The normalized spacial score (nSPS) is 25.4. The molecule has 0 bridgehead atoms. The van der Waals surface area contributed by atoms with E-state index in [9.17, 15) is 5.11 Å². The molecule has 0 radical (unpaired) electrons. The lowest BCUT2D eigenvalue weighted by atomic mass is 9.99.